The molecule has 9 heteroatoms. The van der Waals surface area contributed by atoms with Crippen molar-refractivity contribution in [3.05, 3.63) is 24.5 Å². The SMILES string of the molecule is CC[C@@H](Nc1ncnc2c1nc(-c1cnc(C)nc1)n2CC)C(=O)N1CCC[C@@H]1C1CC1. The van der Waals surface area contributed by atoms with Crippen molar-refractivity contribution < 1.29 is 4.79 Å². The van der Waals surface area contributed by atoms with Gasteiger partial charge in [0.2, 0.25) is 5.91 Å². The first kappa shape index (κ1) is 20.8. The van der Waals surface area contributed by atoms with Crippen molar-refractivity contribution in [1.82, 2.24) is 34.4 Å². The van der Waals surface area contributed by atoms with E-state index in [1.807, 2.05) is 18.4 Å². The molecule has 1 N–H and O–H groups in total. The molecule has 2 atom stereocenters. The summed E-state index contributed by atoms with van der Waals surface area (Å²) in [7, 11) is 0. The summed E-state index contributed by atoms with van der Waals surface area (Å²) in [5.74, 6) is 2.93. The van der Waals surface area contributed by atoms with Crippen LogP contribution in [-0.4, -0.2) is 58.9 Å². The van der Waals surface area contributed by atoms with Crippen molar-refractivity contribution in [2.75, 3.05) is 11.9 Å². The lowest BCUT2D eigenvalue weighted by Crippen LogP contribution is -2.45. The van der Waals surface area contributed by atoms with Crippen molar-refractivity contribution in [3.63, 3.8) is 0 Å². The fraction of sp³-hybridized carbons (Fsp3) is 0.565. The Balaban J connectivity index is 1.47. The van der Waals surface area contributed by atoms with E-state index in [0.717, 1.165) is 36.4 Å². The number of imidazole rings is 1. The average molecular weight is 435 g/mol. The van der Waals surface area contributed by atoms with Gasteiger partial charge in [0.25, 0.3) is 0 Å². The number of aromatic nitrogens is 6. The molecule has 0 aromatic carbocycles. The molecule has 0 bridgehead atoms. The zero-order valence-corrected chi connectivity index (χ0v) is 19.0. The molecule has 3 aromatic rings. The molecule has 0 radical (unpaired) electrons. The van der Waals surface area contributed by atoms with Crippen LogP contribution < -0.4 is 5.32 Å². The topological polar surface area (TPSA) is 102 Å². The number of carbonyl (C=O) groups is 1. The number of carbonyl (C=O) groups excluding carboxylic acids is 1. The summed E-state index contributed by atoms with van der Waals surface area (Å²) in [4.78, 5) is 38.0. The van der Waals surface area contributed by atoms with Gasteiger partial charge in [-0.2, -0.15) is 0 Å². The largest absolute Gasteiger partial charge is 0.356 e. The number of amides is 1. The summed E-state index contributed by atoms with van der Waals surface area (Å²) >= 11 is 0. The highest BCUT2D eigenvalue weighted by Crippen LogP contribution is 2.40. The minimum atomic E-state index is -0.328. The minimum absolute atomic E-state index is 0.177. The second-order valence-corrected chi connectivity index (χ2v) is 8.78. The molecule has 2 fully saturated rings. The van der Waals surface area contributed by atoms with Crippen LogP contribution in [0.3, 0.4) is 0 Å². The first-order valence-electron chi connectivity index (χ1n) is 11.7. The monoisotopic (exact) mass is 434 g/mol. The van der Waals surface area contributed by atoms with E-state index in [9.17, 15) is 4.79 Å². The highest BCUT2D eigenvalue weighted by molar-refractivity contribution is 5.90. The van der Waals surface area contributed by atoms with Crippen LogP contribution in [0.25, 0.3) is 22.6 Å². The van der Waals surface area contributed by atoms with E-state index in [0.29, 0.717) is 42.1 Å². The maximum atomic E-state index is 13.4. The first-order chi connectivity index (χ1) is 15.6. The molecule has 5 rings (SSSR count). The van der Waals surface area contributed by atoms with E-state index in [4.69, 9.17) is 4.98 Å². The Morgan fingerprint density at radius 1 is 1.16 bits per heavy atom. The van der Waals surface area contributed by atoms with Crippen LogP contribution in [-0.2, 0) is 11.3 Å². The predicted molar refractivity (Wildman–Crippen MR) is 122 cm³/mol. The van der Waals surface area contributed by atoms with Gasteiger partial charge in [-0.15, -0.1) is 0 Å². The Labute approximate surface area is 187 Å². The number of anilines is 1. The molecular formula is C23H30N8O. The molecule has 9 nitrogen and oxygen atoms in total. The van der Waals surface area contributed by atoms with Crippen molar-refractivity contribution in [2.24, 2.45) is 5.92 Å². The quantitative estimate of drug-likeness (QED) is 0.609. The van der Waals surface area contributed by atoms with Crippen LogP contribution in [0, 0.1) is 12.8 Å². The molecule has 0 spiro atoms. The van der Waals surface area contributed by atoms with Crippen LogP contribution in [0.5, 0.6) is 0 Å². The Morgan fingerprint density at radius 3 is 2.62 bits per heavy atom. The van der Waals surface area contributed by atoms with Crippen LogP contribution in [0.1, 0.15) is 51.8 Å². The predicted octanol–water partition coefficient (Wildman–Crippen LogP) is 3.20. The average Bonchev–Trinajstić information content (AvgIpc) is 3.40. The molecule has 1 saturated carbocycles. The Morgan fingerprint density at radius 2 is 1.94 bits per heavy atom. The standard InChI is InChI=1S/C23H30N8O/c1-4-17(23(32)31-10-6-7-18(31)15-8-9-15)28-20-19-22(27-13-26-20)30(5-2)21(29-19)16-11-24-14(3)25-12-16/h11-13,15,17-18H,4-10H2,1-3H3,(H,26,27,28)/t17-,18-/m1/s1. The molecule has 1 aliphatic heterocycles. The van der Waals surface area contributed by atoms with E-state index in [2.05, 4.69) is 37.1 Å². The summed E-state index contributed by atoms with van der Waals surface area (Å²) in [5.41, 5.74) is 2.23. The van der Waals surface area contributed by atoms with Gasteiger partial charge in [-0.05, 0) is 51.9 Å². The number of fused-ring (bicyclic) bond motifs is 1. The van der Waals surface area contributed by atoms with Crippen molar-refractivity contribution in [1.29, 1.82) is 0 Å². The summed E-state index contributed by atoms with van der Waals surface area (Å²) in [6.45, 7) is 7.51. The lowest BCUT2D eigenvalue weighted by Gasteiger charge is -2.29. The van der Waals surface area contributed by atoms with Gasteiger partial charge in [-0.25, -0.2) is 24.9 Å². The van der Waals surface area contributed by atoms with Crippen LogP contribution in [0.4, 0.5) is 5.82 Å². The number of nitrogens with one attached hydrogen (secondary N) is 1. The van der Waals surface area contributed by atoms with Gasteiger partial charge in [-0.3, -0.25) is 4.79 Å². The lowest BCUT2D eigenvalue weighted by atomic mass is 10.1. The van der Waals surface area contributed by atoms with Gasteiger partial charge in [0, 0.05) is 31.5 Å². The molecule has 1 aliphatic carbocycles. The van der Waals surface area contributed by atoms with Gasteiger partial charge in [-0.1, -0.05) is 6.92 Å². The fourth-order valence-electron chi connectivity index (χ4n) is 4.81. The number of nitrogens with zero attached hydrogens (tertiary/aromatic N) is 7. The zero-order chi connectivity index (χ0) is 22.2. The fourth-order valence-corrected chi connectivity index (χ4v) is 4.81. The molecule has 4 heterocycles. The molecule has 1 amide bonds. The molecule has 3 aromatic heterocycles. The summed E-state index contributed by atoms with van der Waals surface area (Å²) in [5, 5.41) is 3.40. The minimum Gasteiger partial charge on any atom is -0.356 e. The third kappa shape index (κ3) is 3.69. The van der Waals surface area contributed by atoms with E-state index in [1.165, 1.54) is 19.2 Å². The Hall–Kier alpha value is -3.10. The third-order valence-corrected chi connectivity index (χ3v) is 6.65. The van der Waals surface area contributed by atoms with Crippen LogP contribution in [0.15, 0.2) is 18.7 Å². The number of rotatable bonds is 7. The maximum Gasteiger partial charge on any atom is 0.245 e. The summed E-state index contributed by atoms with van der Waals surface area (Å²) in [6.07, 6.45) is 10.5. The summed E-state index contributed by atoms with van der Waals surface area (Å²) in [6, 6.07) is 0.0848. The van der Waals surface area contributed by atoms with Gasteiger partial charge in [0.15, 0.2) is 17.0 Å². The number of aryl methyl sites for hydroxylation is 2. The van der Waals surface area contributed by atoms with Crippen LogP contribution >= 0.6 is 0 Å². The van der Waals surface area contributed by atoms with Crippen molar-refractivity contribution in [3.8, 4) is 11.4 Å². The van der Waals surface area contributed by atoms with E-state index < -0.39 is 0 Å². The highest BCUT2D eigenvalue weighted by Gasteiger charge is 2.41. The first-order valence-corrected chi connectivity index (χ1v) is 11.7. The van der Waals surface area contributed by atoms with Gasteiger partial charge >= 0.3 is 0 Å². The van der Waals surface area contributed by atoms with Gasteiger partial charge in [0.05, 0.1) is 5.56 Å². The smallest absolute Gasteiger partial charge is 0.245 e. The molecule has 168 valence electrons. The molecule has 0 unspecified atom stereocenters. The van der Waals surface area contributed by atoms with Crippen LogP contribution in [0.2, 0.25) is 0 Å². The van der Waals surface area contributed by atoms with Gasteiger partial charge < -0.3 is 14.8 Å². The maximum absolute atomic E-state index is 13.4. The Kier molecular flexibility index (Phi) is 5.48. The zero-order valence-electron chi connectivity index (χ0n) is 19.0. The third-order valence-electron chi connectivity index (χ3n) is 6.65. The van der Waals surface area contributed by atoms with E-state index >= 15 is 0 Å². The second-order valence-electron chi connectivity index (χ2n) is 8.78. The number of hydrogen-bond donors (Lipinski definition) is 1. The lowest BCUT2D eigenvalue weighted by molar-refractivity contribution is -0.133. The second kappa shape index (κ2) is 8.44. The Bertz CT molecular complexity index is 1120. The molecule has 1 saturated heterocycles. The number of hydrogen-bond acceptors (Lipinski definition) is 7. The normalized spacial score (nSPS) is 19.5. The molecular weight excluding hydrogens is 404 g/mol. The summed E-state index contributed by atoms with van der Waals surface area (Å²) < 4.78 is 2.03. The van der Waals surface area contributed by atoms with E-state index in [-0.39, 0.29) is 11.9 Å². The highest BCUT2D eigenvalue weighted by atomic mass is 16.2. The molecule has 32 heavy (non-hydrogen) atoms. The van der Waals surface area contributed by atoms with Crippen molar-refractivity contribution in [2.45, 2.75) is 71.5 Å². The molecule has 2 aliphatic rings. The van der Waals surface area contributed by atoms with Gasteiger partial charge in [0.1, 0.15) is 24.0 Å². The number of likely N-dealkylation sites (tertiary alicyclic amines) is 1. The van der Waals surface area contributed by atoms with Crippen molar-refractivity contribution >= 4 is 22.9 Å². The van der Waals surface area contributed by atoms with E-state index in [1.54, 1.807) is 12.4 Å².